The van der Waals surface area contributed by atoms with Gasteiger partial charge < -0.3 is 19.5 Å². The molecule has 0 atom stereocenters. The zero-order valence-corrected chi connectivity index (χ0v) is 20.5. The first-order valence-corrected chi connectivity index (χ1v) is 10.6. The molecule has 2 aromatic carbocycles. The fourth-order valence-corrected chi connectivity index (χ4v) is 3.76. The van der Waals surface area contributed by atoms with Crippen molar-refractivity contribution in [3.8, 4) is 11.5 Å². The van der Waals surface area contributed by atoms with Gasteiger partial charge in [0, 0.05) is 29.7 Å². The van der Waals surface area contributed by atoms with Crippen molar-refractivity contribution in [1.82, 2.24) is 10.2 Å². The fourth-order valence-electron chi connectivity index (χ4n) is 3.27. The summed E-state index contributed by atoms with van der Waals surface area (Å²) in [4.78, 5) is 2.46. The van der Waals surface area contributed by atoms with Crippen LogP contribution in [0.1, 0.15) is 17.5 Å². The lowest BCUT2D eigenvalue weighted by Crippen LogP contribution is -2.37. The molecule has 0 aliphatic carbocycles. The summed E-state index contributed by atoms with van der Waals surface area (Å²) in [5, 5.41) is 3.54. The number of rotatable bonds is 10. The molecule has 0 amide bonds. The molecule has 1 saturated heterocycles. The van der Waals surface area contributed by atoms with Crippen molar-refractivity contribution in [2.75, 3.05) is 46.5 Å². The van der Waals surface area contributed by atoms with E-state index in [1.54, 1.807) is 7.11 Å². The Kier molecular flexibility index (Phi) is 13.4. The molecule has 168 valence electrons. The van der Waals surface area contributed by atoms with Gasteiger partial charge in [-0.15, -0.1) is 24.8 Å². The maximum absolute atomic E-state index is 6.14. The van der Waals surface area contributed by atoms with Crippen LogP contribution >= 0.6 is 40.7 Å². The van der Waals surface area contributed by atoms with E-state index >= 15 is 0 Å². The highest BCUT2D eigenvalue weighted by Crippen LogP contribution is 2.35. The maximum Gasteiger partial charge on any atom is 0.166 e. The van der Waals surface area contributed by atoms with Crippen molar-refractivity contribution in [2.45, 2.75) is 19.6 Å². The predicted octanol–water partition coefficient (Wildman–Crippen LogP) is 4.69. The Morgan fingerprint density at radius 1 is 1.10 bits per heavy atom. The van der Waals surface area contributed by atoms with E-state index in [2.05, 4.69) is 44.3 Å². The van der Waals surface area contributed by atoms with Gasteiger partial charge >= 0.3 is 0 Å². The van der Waals surface area contributed by atoms with Crippen LogP contribution in [-0.2, 0) is 17.9 Å². The second-order valence-electron chi connectivity index (χ2n) is 6.85. The third kappa shape index (κ3) is 8.61. The molecule has 5 nitrogen and oxygen atoms in total. The van der Waals surface area contributed by atoms with Gasteiger partial charge in [0.1, 0.15) is 6.61 Å². The van der Waals surface area contributed by atoms with Gasteiger partial charge in [-0.1, -0.05) is 46.3 Å². The van der Waals surface area contributed by atoms with Crippen LogP contribution in [0.3, 0.4) is 0 Å². The first kappa shape index (κ1) is 27.0. The van der Waals surface area contributed by atoms with E-state index < -0.39 is 0 Å². The Labute approximate surface area is 200 Å². The summed E-state index contributed by atoms with van der Waals surface area (Å²) in [5.41, 5.74) is 2.23. The Morgan fingerprint density at radius 3 is 2.53 bits per heavy atom. The molecule has 0 radical (unpaired) electrons. The number of halogens is 3. The highest BCUT2D eigenvalue weighted by molar-refractivity contribution is 9.10. The molecule has 1 N–H and O–H groups in total. The van der Waals surface area contributed by atoms with Crippen LogP contribution in [-0.4, -0.2) is 51.4 Å². The summed E-state index contributed by atoms with van der Waals surface area (Å²) < 4.78 is 18.1. The molecule has 1 fully saturated rings. The Balaban J connectivity index is 0.00000225. The van der Waals surface area contributed by atoms with E-state index in [1.165, 1.54) is 0 Å². The minimum atomic E-state index is 0. The normalized spacial score (nSPS) is 13.8. The zero-order chi connectivity index (χ0) is 19.6. The van der Waals surface area contributed by atoms with Crippen molar-refractivity contribution < 1.29 is 14.2 Å². The largest absolute Gasteiger partial charge is 0.493 e. The second-order valence-corrected chi connectivity index (χ2v) is 7.77. The van der Waals surface area contributed by atoms with Crippen LogP contribution in [0.25, 0.3) is 0 Å². The molecule has 2 aromatic rings. The molecule has 1 aliphatic heterocycles. The van der Waals surface area contributed by atoms with Crippen LogP contribution in [0.2, 0.25) is 0 Å². The van der Waals surface area contributed by atoms with Crippen molar-refractivity contribution in [2.24, 2.45) is 0 Å². The predicted molar refractivity (Wildman–Crippen MR) is 130 cm³/mol. The summed E-state index contributed by atoms with van der Waals surface area (Å²) in [5.74, 6) is 1.55. The number of hydrogen-bond donors (Lipinski definition) is 1. The summed E-state index contributed by atoms with van der Waals surface area (Å²) in [6.07, 6.45) is 1.12. The molecule has 0 aromatic heterocycles. The lowest BCUT2D eigenvalue weighted by atomic mass is 10.1. The third-order valence-electron chi connectivity index (χ3n) is 4.79. The van der Waals surface area contributed by atoms with Gasteiger partial charge in [-0.3, -0.25) is 4.90 Å². The molecule has 1 heterocycles. The molecular formula is C22H31BrCl2N2O3. The minimum Gasteiger partial charge on any atom is -0.493 e. The number of hydrogen-bond acceptors (Lipinski definition) is 5. The average molecular weight is 522 g/mol. The lowest BCUT2D eigenvalue weighted by molar-refractivity contribution is 0.0374. The molecular weight excluding hydrogens is 491 g/mol. The Bertz CT molecular complexity index is 732. The third-order valence-corrected chi connectivity index (χ3v) is 5.25. The van der Waals surface area contributed by atoms with Gasteiger partial charge in [-0.2, -0.15) is 0 Å². The zero-order valence-electron chi connectivity index (χ0n) is 17.3. The standard InChI is InChI=1S/C22H29BrN2O3.2ClH/c1-26-21-15-20(23)14-19(22(21)28-17-18-6-3-2-4-7-18)16-24-8-5-9-25-10-12-27-13-11-25;;/h2-4,6-7,14-15,24H,5,8-13,16-17H2,1H3;2*1H. The number of ether oxygens (including phenoxy) is 3. The van der Waals surface area contributed by atoms with Gasteiger partial charge in [0.25, 0.3) is 0 Å². The average Bonchev–Trinajstić information content (AvgIpc) is 2.73. The first-order valence-electron chi connectivity index (χ1n) is 9.80. The monoisotopic (exact) mass is 520 g/mol. The number of methoxy groups -OCH3 is 1. The van der Waals surface area contributed by atoms with Gasteiger partial charge in [0.15, 0.2) is 11.5 Å². The molecule has 8 heteroatoms. The smallest absolute Gasteiger partial charge is 0.166 e. The van der Waals surface area contributed by atoms with Crippen molar-refractivity contribution in [1.29, 1.82) is 0 Å². The highest BCUT2D eigenvalue weighted by Gasteiger charge is 2.13. The van der Waals surface area contributed by atoms with E-state index in [0.717, 1.165) is 79.5 Å². The number of benzene rings is 2. The fraction of sp³-hybridized carbons (Fsp3) is 0.455. The van der Waals surface area contributed by atoms with E-state index in [4.69, 9.17) is 14.2 Å². The summed E-state index contributed by atoms with van der Waals surface area (Å²) >= 11 is 3.58. The Hall–Kier alpha value is -1.02. The van der Waals surface area contributed by atoms with Gasteiger partial charge in [0.05, 0.1) is 20.3 Å². The van der Waals surface area contributed by atoms with E-state index in [1.807, 2.05) is 24.3 Å². The van der Waals surface area contributed by atoms with Crippen LogP contribution in [0.4, 0.5) is 0 Å². The molecule has 30 heavy (non-hydrogen) atoms. The second kappa shape index (κ2) is 14.9. The van der Waals surface area contributed by atoms with Crippen LogP contribution in [0.5, 0.6) is 11.5 Å². The number of nitrogens with one attached hydrogen (secondary N) is 1. The molecule has 0 spiro atoms. The molecule has 3 rings (SSSR count). The van der Waals surface area contributed by atoms with Crippen LogP contribution in [0, 0.1) is 0 Å². The maximum atomic E-state index is 6.14. The van der Waals surface area contributed by atoms with Crippen LogP contribution in [0.15, 0.2) is 46.9 Å². The first-order chi connectivity index (χ1) is 13.8. The molecule has 0 saturated carbocycles. The van der Waals surface area contributed by atoms with E-state index in [9.17, 15) is 0 Å². The van der Waals surface area contributed by atoms with Crippen LogP contribution < -0.4 is 14.8 Å². The van der Waals surface area contributed by atoms with E-state index in [0.29, 0.717) is 6.61 Å². The summed E-state index contributed by atoms with van der Waals surface area (Å²) in [6.45, 7) is 7.12. The minimum absolute atomic E-state index is 0. The highest BCUT2D eigenvalue weighted by atomic mass is 79.9. The van der Waals surface area contributed by atoms with Crippen molar-refractivity contribution in [3.63, 3.8) is 0 Å². The van der Waals surface area contributed by atoms with Crippen molar-refractivity contribution in [3.05, 3.63) is 58.1 Å². The SMILES string of the molecule is COc1cc(Br)cc(CNCCCN2CCOCC2)c1OCc1ccccc1.Cl.Cl. The summed E-state index contributed by atoms with van der Waals surface area (Å²) in [7, 11) is 1.68. The lowest BCUT2D eigenvalue weighted by Gasteiger charge is -2.26. The van der Waals surface area contributed by atoms with Gasteiger partial charge in [-0.25, -0.2) is 0 Å². The molecule has 1 aliphatic rings. The number of nitrogens with zero attached hydrogens (tertiary/aromatic N) is 1. The molecule has 0 bridgehead atoms. The topological polar surface area (TPSA) is 43.0 Å². The summed E-state index contributed by atoms with van der Waals surface area (Å²) in [6, 6.07) is 14.2. The molecule has 0 unspecified atom stereocenters. The Morgan fingerprint density at radius 2 is 1.83 bits per heavy atom. The number of morpholine rings is 1. The van der Waals surface area contributed by atoms with Crippen molar-refractivity contribution >= 4 is 40.7 Å². The van der Waals surface area contributed by atoms with E-state index in [-0.39, 0.29) is 24.8 Å². The quantitative estimate of drug-likeness (QED) is 0.459. The van der Waals surface area contributed by atoms with Gasteiger partial charge in [0.2, 0.25) is 0 Å². The van der Waals surface area contributed by atoms with Gasteiger partial charge in [-0.05, 0) is 37.2 Å².